The first-order valence-electron chi connectivity index (χ1n) is 2.45. The zero-order valence-corrected chi connectivity index (χ0v) is 6.86. The molecule has 0 fully saturated rings. The van der Waals surface area contributed by atoms with Gasteiger partial charge in [-0.1, -0.05) is 11.8 Å². The molecule has 0 aromatic carbocycles. The summed E-state index contributed by atoms with van der Waals surface area (Å²) < 4.78 is 0. The molecule has 1 atom stereocenters. The molecule has 6 heteroatoms. The molecule has 10 heavy (non-hydrogen) atoms. The Morgan fingerprint density at radius 3 is 2.40 bits per heavy atom. The van der Waals surface area contributed by atoms with Crippen molar-refractivity contribution in [3.05, 3.63) is 0 Å². The number of carbonyl (C=O) groups is 1. The Hall–Kier alpha value is 0.0900. The highest BCUT2D eigenvalue weighted by Crippen LogP contribution is 2.19. The molecule has 0 bridgehead atoms. The molecule has 0 saturated carbocycles. The normalized spacial score (nSPS) is 16.3. The van der Waals surface area contributed by atoms with Gasteiger partial charge in [0, 0.05) is 5.75 Å². The fourth-order valence-electron chi connectivity index (χ4n) is 0.290. The van der Waals surface area contributed by atoms with Crippen LogP contribution >= 0.6 is 24.4 Å². The molecule has 0 saturated heterocycles. The minimum absolute atomic E-state index is 0.00639. The maximum absolute atomic E-state index is 10.3. The van der Waals surface area contributed by atoms with E-state index in [1.54, 1.807) is 0 Å². The van der Waals surface area contributed by atoms with Crippen LogP contribution in [0.5, 0.6) is 0 Å². The minimum Gasteiger partial charge on any atom is -0.479 e. The van der Waals surface area contributed by atoms with Crippen molar-refractivity contribution in [3.8, 4) is 0 Å². The monoisotopic (exact) mass is 183 g/mol. The number of hydrogen-bond acceptors (Lipinski definition) is 5. The van der Waals surface area contributed by atoms with Crippen LogP contribution in [0.4, 0.5) is 0 Å². The third-order valence-corrected chi connectivity index (χ3v) is 2.59. The quantitative estimate of drug-likeness (QED) is 0.343. The highest BCUT2D eigenvalue weighted by atomic mass is 32.2. The lowest BCUT2D eigenvalue weighted by Gasteiger charge is -2.19. The number of thioether (sulfide) groups is 1. The number of thiol groups is 1. The van der Waals surface area contributed by atoms with E-state index in [0.717, 1.165) is 11.8 Å². The number of carboxylic acid groups (broad SMARTS) is 1. The van der Waals surface area contributed by atoms with Crippen LogP contribution in [0.25, 0.3) is 0 Å². The highest BCUT2D eigenvalue weighted by molar-refractivity contribution is 8.01. The summed E-state index contributed by atoms with van der Waals surface area (Å²) in [5.41, 5.74) is 5.28. The summed E-state index contributed by atoms with van der Waals surface area (Å²) in [6.07, 6.45) is 0. The van der Waals surface area contributed by atoms with Gasteiger partial charge in [-0.3, -0.25) is 0 Å². The first kappa shape index (κ1) is 10.1. The Labute approximate surface area is 68.2 Å². The van der Waals surface area contributed by atoms with E-state index in [4.69, 9.17) is 15.9 Å². The summed E-state index contributed by atoms with van der Waals surface area (Å²) in [5, 5.41) is 16.8. The van der Waals surface area contributed by atoms with Crippen LogP contribution in [0.15, 0.2) is 0 Å². The van der Waals surface area contributed by atoms with Gasteiger partial charge in [0.05, 0.1) is 5.94 Å². The van der Waals surface area contributed by atoms with Gasteiger partial charge in [0.25, 0.3) is 0 Å². The lowest BCUT2D eigenvalue weighted by Crippen LogP contribution is -2.46. The van der Waals surface area contributed by atoms with E-state index in [1.807, 2.05) is 0 Å². The van der Waals surface area contributed by atoms with E-state index in [9.17, 15) is 4.79 Å². The van der Waals surface area contributed by atoms with Crippen molar-refractivity contribution in [2.45, 2.75) is 4.87 Å². The third kappa shape index (κ3) is 2.37. The average molecular weight is 183 g/mol. The number of aliphatic carboxylic acids is 1. The van der Waals surface area contributed by atoms with Crippen molar-refractivity contribution in [2.24, 2.45) is 5.73 Å². The maximum atomic E-state index is 10.3. The second-order valence-corrected chi connectivity index (χ2v) is 3.22. The van der Waals surface area contributed by atoms with Crippen LogP contribution in [0, 0.1) is 0 Å². The topological polar surface area (TPSA) is 83.5 Å². The van der Waals surface area contributed by atoms with Gasteiger partial charge in [-0.25, -0.2) is 4.79 Å². The van der Waals surface area contributed by atoms with Crippen molar-refractivity contribution < 1.29 is 15.0 Å². The van der Waals surface area contributed by atoms with E-state index in [2.05, 4.69) is 12.6 Å². The fourth-order valence-corrected chi connectivity index (χ4v) is 1.14. The smallest absolute Gasteiger partial charge is 0.335 e. The van der Waals surface area contributed by atoms with Crippen LogP contribution in [0.2, 0.25) is 0 Å². The minimum atomic E-state index is -1.46. The average Bonchev–Trinajstić information content (AvgIpc) is 1.88. The largest absolute Gasteiger partial charge is 0.479 e. The zero-order chi connectivity index (χ0) is 8.20. The fraction of sp³-hybridized carbons (Fsp3) is 0.750. The van der Waals surface area contributed by atoms with Crippen LogP contribution in [-0.4, -0.2) is 32.7 Å². The standard InChI is InChI=1S/C4H9NO3S2/c5-4(1-9,3(7)8)10-2-6/h6,9H,1-2,5H2,(H,7,8)/t4-/m1/s1. The number of carboxylic acids is 1. The second kappa shape index (κ2) is 4.07. The Kier molecular flexibility index (Phi) is 4.11. The lowest BCUT2D eigenvalue weighted by atomic mass is 10.4. The number of aliphatic hydroxyl groups excluding tert-OH is 1. The van der Waals surface area contributed by atoms with Gasteiger partial charge in [-0.15, -0.1) is 0 Å². The van der Waals surface area contributed by atoms with Crippen molar-refractivity contribution in [1.82, 2.24) is 0 Å². The summed E-state index contributed by atoms with van der Waals surface area (Å²) in [5.74, 6) is -1.49. The molecule has 0 unspecified atom stereocenters. The molecule has 0 aliphatic rings. The number of rotatable bonds is 4. The van der Waals surface area contributed by atoms with Gasteiger partial charge in [-0.2, -0.15) is 12.6 Å². The molecule has 4 nitrogen and oxygen atoms in total. The van der Waals surface area contributed by atoms with Gasteiger partial charge in [0.1, 0.15) is 0 Å². The summed E-state index contributed by atoms with van der Waals surface area (Å²) in [6.45, 7) is 0. The number of nitrogens with two attached hydrogens (primary N) is 1. The second-order valence-electron chi connectivity index (χ2n) is 1.63. The van der Waals surface area contributed by atoms with E-state index < -0.39 is 10.8 Å². The SMILES string of the molecule is N[C@](CS)(SCO)C(=O)O. The summed E-state index contributed by atoms with van der Waals surface area (Å²) in [6, 6.07) is 0. The van der Waals surface area contributed by atoms with Crippen LogP contribution in [0.1, 0.15) is 0 Å². The van der Waals surface area contributed by atoms with Crippen molar-refractivity contribution in [3.63, 3.8) is 0 Å². The van der Waals surface area contributed by atoms with Gasteiger partial charge in [0.15, 0.2) is 4.87 Å². The first-order chi connectivity index (χ1) is 4.56. The Morgan fingerprint density at radius 1 is 1.80 bits per heavy atom. The molecule has 0 aromatic rings. The Morgan fingerprint density at radius 2 is 2.30 bits per heavy atom. The van der Waals surface area contributed by atoms with Gasteiger partial charge >= 0.3 is 5.97 Å². The summed E-state index contributed by atoms with van der Waals surface area (Å²) in [7, 11) is 0. The molecule has 0 aliphatic carbocycles. The highest BCUT2D eigenvalue weighted by Gasteiger charge is 2.32. The van der Waals surface area contributed by atoms with E-state index >= 15 is 0 Å². The molecule has 0 aliphatic heterocycles. The van der Waals surface area contributed by atoms with Crippen molar-refractivity contribution in [1.29, 1.82) is 0 Å². The predicted octanol–water partition coefficient (Wildman–Crippen LogP) is -0.661. The summed E-state index contributed by atoms with van der Waals surface area (Å²) in [4.78, 5) is 8.88. The van der Waals surface area contributed by atoms with Crippen molar-refractivity contribution in [2.75, 3.05) is 11.7 Å². The van der Waals surface area contributed by atoms with Crippen LogP contribution in [0.3, 0.4) is 0 Å². The van der Waals surface area contributed by atoms with E-state index in [0.29, 0.717) is 0 Å². The number of hydrogen-bond donors (Lipinski definition) is 4. The molecule has 60 valence electrons. The molecular formula is C4H9NO3S2. The zero-order valence-electron chi connectivity index (χ0n) is 5.15. The van der Waals surface area contributed by atoms with Crippen LogP contribution < -0.4 is 5.73 Å². The van der Waals surface area contributed by atoms with E-state index in [-0.39, 0.29) is 11.7 Å². The molecule has 0 radical (unpaired) electrons. The molecular weight excluding hydrogens is 174 g/mol. The maximum Gasteiger partial charge on any atom is 0.335 e. The van der Waals surface area contributed by atoms with E-state index in [1.165, 1.54) is 0 Å². The van der Waals surface area contributed by atoms with Crippen LogP contribution in [-0.2, 0) is 4.79 Å². The molecule has 0 rings (SSSR count). The van der Waals surface area contributed by atoms with Gasteiger partial charge < -0.3 is 15.9 Å². The molecule has 0 spiro atoms. The van der Waals surface area contributed by atoms with Gasteiger partial charge in [0.2, 0.25) is 0 Å². The predicted molar refractivity (Wildman–Crippen MR) is 43.1 cm³/mol. The third-order valence-electron chi connectivity index (χ3n) is 0.919. The Bertz CT molecular complexity index is 132. The lowest BCUT2D eigenvalue weighted by molar-refractivity contribution is -0.139. The number of aliphatic hydroxyl groups is 1. The molecule has 0 amide bonds. The van der Waals surface area contributed by atoms with Crippen molar-refractivity contribution >= 4 is 30.4 Å². The molecule has 0 aromatic heterocycles. The first-order valence-corrected chi connectivity index (χ1v) is 4.06. The van der Waals surface area contributed by atoms with Gasteiger partial charge in [-0.05, 0) is 0 Å². The Balaban J connectivity index is 4.08. The molecule has 0 heterocycles. The summed E-state index contributed by atoms with van der Waals surface area (Å²) >= 11 is 4.48. The molecule has 4 N–H and O–H groups in total.